The summed E-state index contributed by atoms with van der Waals surface area (Å²) in [7, 11) is 0. The first kappa shape index (κ1) is 25.6. The Morgan fingerprint density at radius 2 is 1.81 bits per heavy atom. The maximum absolute atomic E-state index is 13.9. The van der Waals surface area contributed by atoms with Crippen molar-refractivity contribution in [1.82, 2.24) is 15.2 Å². The Balaban J connectivity index is 1.46. The fourth-order valence-electron chi connectivity index (χ4n) is 5.44. The van der Waals surface area contributed by atoms with Crippen LogP contribution in [0, 0.1) is 12.8 Å². The maximum Gasteiger partial charge on any atom is 0.255 e. The van der Waals surface area contributed by atoms with Crippen LogP contribution in [0.15, 0.2) is 47.3 Å². The van der Waals surface area contributed by atoms with Crippen LogP contribution in [0.2, 0.25) is 10.0 Å². The number of carbonyl (C=O) groups is 2. The zero-order valence-corrected chi connectivity index (χ0v) is 22.2. The monoisotopic (exact) mass is 540 g/mol. The zero-order valence-electron chi connectivity index (χ0n) is 20.7. The smallest absolute Gasteiger partial charge is 0.255 e. The number of anilines is 1. The normalized spacial score (nSPS) is 18.4. The highest BCUT2D eigenvalue weighted by molar-refractivity contribution is 6.42. The molecule has 1 atom stereocenters. The van der Waals surface area contributed by atoms with Crippen LogP contribution in [0.25, 0.3) is 10.9 Å². The van der Waals surface area contributed by atoms with Crippen LogP contribution in [0.3, 0.4) is 0 Å². The van der Waals surface area contributed by atoms with Crippen LogP contribution in [-0.4, -0.2) is 53.9 Å². The molecule has 37 heavy (non-hydrogen) atoms. The minimum absolute atomic E-state index is 0.185. The second-order valence-electron chi connectivity index (χ2n) is 10.1. The van der Waals surface area contributed by atoms with Gasteiger partial charge in [-0.3, -0.25) is 14.4 Å². The van der Waals surface area contributed by atoms with Crippen molar-refractivity contribution in [3.63, 3.8) is 0 Å². The van der Waals surface area contributed by atoms with E-state index >= 15 is 0 Å². The molecular weight excluding hydrogens is 511 g/mol. The van der Waals surface area contributed by atoms with Crippen molar-refractivity contribution >= 4 is 51.6 Å². The number of piperazine rings is 1. The predicted octanol–water partition coefficient (Wildman–Crippen LogP) is 4.78. The predicted molar refractivity (Wildman–Crippen MR) is 148 cm³/mol. The van der Waals surface area contributed by atoms with Crippen molar-refractivity contribution in [3.8, 4) is 0 Å². The average Bonchev–Trinajstić information content (AvgIpc) is 3.42. The van der Waals surface area contributed by atoms with Crippen LogP contribution in [0.1, 0.15) is 41.6 Å². The van der Waals surface area contributed by atoms with Crippen molar-refractivity contribution in [2.24, 2.45) is 5.92 Å². The van der Waals surface area contributed by atoms with Crippen molar-refractivity contribution in [3.05, 3.63) is 74.0 Å². The molecule has 5 rings (SSSR count). The lowest BCUT2D eigenvalue weighted by Crippen LogP contribution is -2.61. The fourth-order valence-corrected chi connectivity index (χ4v) is 5.74. The number of amides is 2. The molecule has 9 heteroatoms. The molecule has 3 aromatic rings. The third-order valence-corrected chi connectivity index (χ3v) is 8.22. The second kappa shape index (κ2) is 10.8. The number of aromatic nitrogens is 1. The number of H-pyrrole nitrogens is 1. The molecule has 7 nitrogen and oxygen atoms in total. The molecule has 2 fully saturated rings. The lowest BCUT2D eigenvalue weighted by molar-refractivity contribution is -0.126. The quantitative estimate of drug-likeness (QED) is 0.487. The van der Waals surface area contributed by atoms with E-state index in [0.29, 0.717) is 58.6 Å². The van der Waals surface area contributed by atoms with Gasteiger partial charge < -0.3 is 20.1 Å². The second-order valence-corrected chi connectivity index (χ2v) is 10.9. The van der Waals surface area contributed by atoms with Gasteiger partial charge in [-0.1, -0.05) is 47.7 Å². The lowest BCUT2D eigenvalue weighted by Gasteiger charge is -2.42. The first-order valence-electron chi connectivity index (χ1n) is 12.7. The Morgan fingerprint density at radius 1 is 1.03 bits per heavy atom. The molecule has 1 unspecified atom stereocenters. The number of benzene rings is 2. The van der Waals surface area contributed by atoms with Gasteiger partial charge in [0, 0.05) is 48.8 Å². The largest absolute Gasteiger partial charge is 0.367 e. The van der Waals surface area contributed by atoms with E-state index in [4.69, 9.17) is 23.2 Å². The zero-order chi connectivity index (χ0) is 26.1. The third kappa shape index (κ3) is 5.48. The van der Waals surface area contributed by atoms with E-state index in [1.807, 2.05) is 30.0 Å². The molecule has 1 saturated carbocycles. The highest BCUT2D eigenvalue weighted by Crippen LogP contribution is 2.30. The van der Waals surface area contributed by atoms with Gasteiger partial charge in [0.15, 0.2) is 0 Å². The SMILES string of the molecule is Cc1ccc2[nH]c(=O)cc(C(=O)N3CCN(c4ccc(Cl)c(Cl)c4)CC3C(=O)NCC3CCCC3)c2c1. The number of aromatic amines is 1. The molecule has 1 aliphatic heterocycles. The van der Waals surface area contributed by atoms with Gasteiger partial charge in [0.25, 0.3) is 5.91 Å². The molecule has 0 radical (unpaired) electrons. The molecule has 1 aliphatic carbocycles. The summed E-state index contributed by atoms with van der Waals surface area (Å²) in [5.74, 6) is -0.0330. The number of rotatable bonds is 5. The van der Waals surface area contributed by atoms with Gasteiger partial charge in [0.2, 0.25) is 11.5 Å². The van der Waals surface area contributed by atoms with Crippen LogP contribution in [0.4, 0.5) is 5.69 Å². The molecule has 1 aromatic heterocycles. The van der Waals surface area contributed by atoms with Gasteiger partial charge in [0.05, 0.1) is 15.6 Å². The number of pyridine rings is 1. The van der Waals surface area contributed by atoms with Gasteiger partial charge in [-0.2, -0.15) is 0 Å². The Bertz CT molecular complexity index is 1400. The summed E-state index contributed by atoms with van der Waals surface area (Å²) in [6.45, 7) is 3.68. The summed E-state index contributed by atoms with van der Waals surface area (Å²) in [6, 6.07) is 11.6. The number of hydrogen-bond acceptors (Lipinski definition) is 4. The Morgan fingerprint density at radius 3 is 2.57 bits per heavy atom. The number of nitrogens with zero attached hydrogens (tertiary/aromatic N) is 2. The molecule has 1 saturated heterocycles. The van der Waals surface area contributed by atoms with E-state index in [1.165, 1.54) is 18.9 Å². The van der Waals surface area contributed by atoms with Gasteiger partial charge in [-0.15, -0.1) is 0 Å². The summed E-state index contributed by atoms with van der Waals surface area (Å²) in [5.41, 5.74) is 2.37. The standard InChI is InChI=1S/C28H30Cl2N4O3/c1-17-6-9-24-20(12-17)21(14-26(35)32-24)28(37)34-11-10-33(19-7-8-22(29)23(30)13-19)16-25(34)27(36)31-15-18-4-2-3-5-18/h6-9,12-14,18,25H,2-5,10-11,15-16H2,1H3,(H,31,36)(H,32,35). The van der Waals surface area contributed by atoms with E-state index in [2.05, 4.69) is 10.3 Å². The Labute approximate surface area is 225 Å². The van der Waals surface area contributed by atoms with E-state index in [1.54, 1.807) is 23.1 Å². The maximum atomic E-state index is 13.9. The lowest BCUT2D eigenvalue weighted by atomic mass is 10.0. The molecule has 2 heterocycles. The number of halogens is 2. The minimum atomic E-state index is -0.726. The highest BCUT2D eigenvalue weighted by Gasteiger charge is 2.37. The molecule has 0 bridgehead atoms. The Hall–Kier alpha value is -3.03. The first-order valence-corrected chi connectivity index (χ1v) is 13.5. The van der Waals surface area contributed by atoms with Crippen LogP contribution < -0.4 is 15.8 Å². The van der Waals surface area contributed by atoms with E-state index in [9.17, 15) is 14.4 Å². The van der Waals surface area contributed by atoms with Crippen LogP contribution >= 0.6 is 23.2 Å². The number of aryl methyl sites for hydroxylation is 1. The highest BCUT2D eigenvalue weighted by atomic mass is 35.5. The number of nitrogens with one attached hydrogen (secondary N) is 2. The summed E-state index contributed by atoms with van der Waals surface area (Å²) in [6.07, 6.45) is 4.60. The molecule has 0 spiro atoms. The molecule has 194 valence electrons. The topological polar surface area (TPSA) is 85.5 Å². The van der Waals surface area contributed by atoms with E-state index in [-0.39, 0.29) is 17.4 Å². The van der Waals surface area contributed by atoms with Crippen molar-refractivity contribution in [2.45, 2.75) is 38.6 Å². The van der Waals surface area contributed by atoms with Crippen molar-refractivity contribution in [2.75, 3.05) is 31.1 Å². The summed E-state index contributed by atoms with van der Waals surface area (Å²) < 4.78 is 0. The van der Waals surface area contributed by atoms with Crippen LogP contribution in [0.5, 0.6) is 0 Å². The molecule has 2 aliphatic rings. The average molecular weight is 541 g/mol. The molecule has 2 N–H and O–H groups in total. The number of hydrogen-bond donors (Lipinski definition) is 2. The minimum Gasteiger partial charge on any atom is -0.367 e. The van der Waals surface area contributed by atoms with Crippen LogP contribution in [-0.2, 0) is 4.79 Å². The van der Waals surface area contributed by atoms with Gasteiger partial charge >= 0.3 is 0 Å². The molecule has 2 aromatic carbocycles. The third-order valence-electron chi connectivity index (χ3n) is 7.48. The summed E-state index contributed by atoms with van der Waals surface area (Å²) in [5, 5.41) is 4.67. The molecular formula is C28H30Cl2N4O3. The van der Waals surface area contributed by atoms with E-state index < -0.39 is 6.04 Å². The fraction of sp³-hybridized carbons (Fsp3) is 0.393. The van der Waals surface area contributed by atoms with Crippen molar-refractivity contribution in [1.29, 1.82) is 0 Å². The van der Waals surface area contributed by atoms with Gasteiger partial charge in [-0.05, 0) is 56.0 Å². The van der Waals surface area contributed by atoms with E-state index in [0.717, 1.165) is 24.1 Å². The number of fused-ring (bicyclic) bond motifs is 1. The molecule has 2 amide bonds. The summed E-state index contributed by atoms with van der Waals surface area (Å²) in [4.78, 5) is 46.3. The van der Waals surface area contributed by atoms with Gasteiger partial charge in [0.1, 0.15) is 6.04 Å². The number of carbonyl (C=O) groups excluding carboxylic acids is 2. The Kier molecular flexibility index (Phi) is 7.45. The summed E-state index contributed by atoms with van der Waals surface area (Å²) >= 11 is 12.4. The van der Waals surface area contributed by atoms with Crippen molar-refractivity contribution < 1.29 is 9.59 Å². The van der Waals surface area contributed by atoms with Gasteiger partial charge in [-0.25, -0.2) is 0 Å². The first-order chi connectivity index (χ1) is 17.8.